The molecule has 0 N–H and O–H groups in total. The average Bonchev–Trinajstić information content (AvgIpc) is 2.47. The van der Waals surface area contributed by atoms with Crippen molar-refractivity contribution in [3.63, 3.8) is 0 Å². The molecular weight excluding hydrogens is 250 g/mol. The summed E-state index contributed by atoms with van der Waals surface area (Å²) in [4.78, 5) is 2.51. The van der Waals surface area contributed by atoms with Crippen LogP contribution in [0.2, 0.25) is 0 Å². The number of piperidine rings is 1. The highest BCUT2D eigenvalue weighted by molar-refractivity contribution is 5.39. The van der Waals surface area contributed by atoms with Crippen molar-refractivity contribution >= 4 is 0 Å². The van der Waals surface area contributed by atoms with Crippen molar-refractivity contribution in [2.75, 3.05) is 33.4 Å². The molecule has 1 atom stereocenters. The van der Waals surface area contributed by atoms with Gasteiger partial charge < -0.3 is 9.47 Å². The van der Waals surface area contributed by atoms with Crippen molar-refractivity contribution in [2.24, 2.45) is 5.92 Å². The molecule has 1 aliphatic heterocycles. The standard InChI is InChI=1S/C17H25NO2/c1-15-8-7-12-18(14-15)11-5-6-13-20-17-10-4-3-9-16(17)19-2/h3-6,9-10,15H,7-8,11-14H2,1-2H3/b6-5+. The molecule has 0 amide bonds. The zero-order chi connectivity index (χ0) is 14.2. The number of methoxy groups -OCH3 is 1. The largest absolute Gasteiger partial charge is 0.493 e. The molecule has 1 aromatic carbocycles. The Morgan fingerprint density at radius 3 is 2.80 bits per heavy atom. The molecule has 1 heterocycles. The third-order valence-corrected chi connectivity index (χ3v) is 3.68. The first-order chi connectivity index (χ1) is 9.79. The van der Waals surface area contributed by atoms with E-state index in [1.807, 2.05) is 24.3 Å². The first kappa shape index (κ1) is 14.9. The number of likely N-dealkylation sites (tertiary alicyclic amines) is 1. The van der Waals surface area contributed by atoms with Crippen molar-refractivity contribution in [2.45, 2.75) is 19.8 Å². The molecule has 0 saturated carbocycles. The Balaban J connectivity index is 1.71. The summed E-state index contributed by atoms with van der Waals surface area (Å²) in [6.45, 7) is 6.39. The molecule has 1 aromatic rings. The summed E-state index contributed by atoms with van der Waals surface area (Å²) in [5, 5.41) is 0. The number of hydrogen-bond donors (Lipinski definition) is 0. The number of rotatable bonds is 6. The maximum Gasteiger partial charge on any atom is 0.161 e. The highest BCUT2D eigenvalue weighted by Crippen LogP contribution is 2.25. The van der Waals surface area contributed by atoms with Crippen LogP contribution in [0.25, 0.3) is 0 Å². The maximum absolute atomic E-state index is 5.71. The number of hydrogen-bond acceptors (Lipinski definition) is 3. The van der Waals surface area contributed by atoms with Gasteiger partial charge in [-0.2, -0.15) is 0 Å². The molecule has 0 spiro atoms. The molecule has 0 aliphatic carbocycles. The van der Waals surface area contributed by atoms with Gasteiger partial charge in [0, 0.05) is 13.1 Å². The van der Waals surface area contributed by atoms with E-state index in [9.17, 15) is 0 Å². The Bertz CT molecular complexity index is 431. The van der Waals surface area contributed by atoms with Gasteiger partial charge in [0.2, 0.25) is 0 Å². The Kier molecular flexibility index (Phi) is 5.93. The van der Waals surface area contributed by atoms with Gasteiger partial charge in [0.25, 0.3) is 0 Å². The second-order valence-electron chi connectivity index (χ2n) is 5.44. The van der Waals surface area contributed by atoms with Gasteiger partial charge in [0.1, 0.15) is 6.61 Å². The quantitative estimate of drug-likeness (QED) is 0.743. The van der Waals surface area contributed by atoms with Crippen LogP contribution in [0, 0.1) is 5.92 Å². The van der Waals surface area contributed by atoms with Crippen LogP contribution >= 0.6 is 0 Å². The lowest BCUT2D eigenvalue weighted by atomic mass is 10.0. The minimum atomic E-state index is 0.587. The van der Waals surface area contributed by atoms with Crippen LogP contribution in [-0.4, -0.2) is 38.3 Å². The van der Waals surface area contributed by atoms with Gasteiger partial charge in [-0.3, -0.25) is 4.90 Å². The van der Waals surface area contributed by atoms with Crippen LogP contribution in [0.15, 0.2) is 36.4 Å². The van der Waals surface area contributed by atoms with E-state index < -0.39 is 0 Å². The molecule has 20 heavy (non-hydrogen) atoms. The Labute approximate surface area is 122 Å². The number of nitrogens with zero attached hydrogens (tertiary/aromatic N) is 1. The lowest BCUT2D eigenvalue weighted by Gasteiger charge is -2.29. The van der Waals surface area contributed by atoms with Gasteiger partial charge in [-0.1, -0.05) is 31.2 Å². The fourth-order valence-electron chi connectivity index (χ4n) is 2.62. The molecule has 110 valence electrons. The van der Waals surface area contributed by atoms with Gasteiger partial charge in [0.15, 0.2) is 11.5 Å². The summed E-state index contributed by atoms with van der Waals surface area (Å²) in [6, 6.07) is 7.74. The molecule has 1 saturated heterocycles. The van der Waals surface area contributed by atoms with Crippen LogP contribution < -0.4 is 9.47 Å². The highest BCUT2D eigenvalue weighted by Gasteiger charge is 2.14. The van der Waals surface area contributed by atoms with Gasteiger partial charge in [0.05, 0.1) is 7.11 Å². The normalized spacial score (nSPS) is 20.2. The van der Waals surface area contributed by atoms with E-state index in [1.54, 1.807) is 7.11 Å². The van der Waals surface area contributed by atoms with E-state index in [0.717, 1.165) is 24.0 Å². The highest BCUT2D eigenvalue weighted by atomic mass is 16.5. The van der Waals surface area contributed by atoms with E-state index in [4.69, 9.17) is 9.47 Å². The van der Waals surface area contributed by atoms with Crippen LogP contribution in [0.4, 0.5) is 0 Å². The van der Waals surface area contributed by atoms with Crippen LogP contribution in [0.1, 0.15) is 19.8 Å². The fraction of sp³-hybridized carbons (Fsp3) is 0.529. The minimum Gasteiger partial charge on any atom is -0.493 e. The lowest BCUT2D eigenvalue weighted by molar-refractivity contribution is 0.201. The molecule has 1 fully saturated rings. The van der Waals surface area contributed by atoms with Gasteiger partial charge in [-0.05, 0) is 37.4 Å². The number of ether oxygens (including phenoxy) is 2. The van der Waals surface area contributed by atoms with E-state index in [1.165, 1.54) is 25.9 Å². The minimum absolute atomic E-state index is 0.587. The molecule has 1 unspecified atom stereocenters. The zero-order valence-corrected chi connectivity index (χ0v) is 12.5. The summed E-state index contributed by atoms with van der Waals surface area (Å²) >= 11 is 0. The second-order valence-corrected chi connectivity index (χ2v) is 5.44. The van der Waals surface area contributed by atoms with E-state index >= 15 is 0 Å². The predicted octanol–water partition coefficient (Wildman–Crippen LogP) is 3.36. The Morgan fingerprint density at radius 2 is 2.05 bits per heavy atom. The smallest absolute Gasteiger partial charge is 0.161 e. The summed E-state index contributed by atoms with van der Waals surface area (Å²) in [5.41, 5.74) is 0. The van der Waals surface area contributed by atoms with Crippen LogP contribution in [0.3, 0.4) is 0 Å². The third-order valence-electron chi connectivity index (χ3n) is 3.68. The monoisotopic (exact) mass is 275 g/mol. The van der Waals surface area contributed by atoms with Gasteiger partial charge in [-0.25, -0.2) is 0 Å². The Morgan fingerprint density at radius 1 is 1.25 bits per heavy atom. The third kappa shape index (κ3) is 4.57. The van der Waals surface area contributed by atoms with Crippen molar-refractivity contribution in [1.82, 2.24) is 4.90 Å². The molecule has 2 rings (SSSR count). The van der Waals surface area contributed by atoms with E-state index in [2.05, 4.69) is 24.0 Å². The van der Waals surface area contributed by atoms with Crippen LogP contribution in [0.5, 0.6) is 11.5 Å². The van der Waals surface area contributed by atoms with Crippen molar-refractivity contribution in [3.8, 4) is 11.5 Å². The summed E-state index contributed by atoms with van der Waals surface area (Å²) < 4.78 is 11.0. The van der Waals surface area contributed by atoms with Crippen molar-refractivity contribution in [3.05, 3.63) is 36.4 Å². The zero-order valence-electron chi connectivity index (χ0n) is 12.5. The van der Waals surface area contributed by atoms with Crippen molar-refractivity contribution in [1.29, 1.82) is 0 Å². The maximum atomic E-state index is 5.71. The molecule has 0 aromatic heterocycles. The fourth-order valence-corrected chi connectivity index (χ4v) is 2.62. The Hall–Kier alpha value is -1.48. The summed E-state index contributed by atoms with van der Waals surface area (Å²) in [6.07, 6.45) is 6.99. The number of para-hydroxylation sites is 2. The molecule has 0 radical (unpaired) electrons. The molecule has 0 bridgehead atoms. The first-order valence-corrected chi connectivity index (χ1v) is 7.42. The summed E-state index contributed by atoms with van der Waals surface area (Å²) in [5.74, 6) is 2.42. The topological polar surface area (TPSA) is 21.7 Å². The predicted molar refractivity (Wildman–Crippen MR) is 82.5 cm³/mol. The molecule has 3 nitrogen and oxygen atoms in total. The summed E-state index contributed by atoms with van der Waals surface area (Å²) in [7, 11) is 1.66. The van der Waals surface area contributed by atoms with Crippen molar-refractivity contribution < 1.29 is 9.47 Å². The van der Waals surface area contributed by atoms with E-state index in [0.29, 0.717) is 6.61 Å². The molecule has 1 aliphatic rings. The molecule has 3 heteroatoms. The van der Waals surface area contributed by atoms with Gasteiger partial charge >= 0.3 is 0 Å². The lowest BCUT2D eigenvalue weighted by Crippen LogP contribution is -2.34. The van der Waals surface area contributed by atoms with Crippen LogP contribution in [-0.2, 0) is 0 Å². The first-order valence-electron chi connectivity index (χ1n) is 7.42. The van der Waals surface area contributed by atoms with Gasteiger partial charge in [-0.15, -0.1) is 0 Å². The molecular formula is C17H25NO2. The van der Waals surface area contributed by atoms with E-state index in [-0.39, 0.29) is 0 Å². The average molecular weight is 275 g/mol. The number of benzene rings is 1. The second kappa shape index (κ2) is 7.95. The SMILES string of the molecule is COc1ccccc1OC/C=C/CN1CCCC(C)C1.